The second-order valence-corrected chi connectivity index (χ2v) is 7.46. The van der Waals surface area contributed by atoms with Gasteiger partial charge in [-0.2, -0.15) is 11.8 Å². The van der Waals surface area contributed by atoms with E-state index in [2.05, 4.69) is 41.2 Å². The van der Waals surface area contributed by atoms with Gasteiger partial charge in [0.2, 0.25) is 0 Å². The summed E-state index contributed by atoms with van der Waals surface area (Å²) in [7, 11) is 0. The maximum Gasteiger partial charge on any atom is 0.0593 e. The Morgan fingerprint density at radius 1 is 1.47 bits per heavy atom. The molecular weight excluding hydrogens is 318 g/mol. The van der Waals surface area contributed by atoms with Crippen molar-refractivity contribution in [1.29, 1.82) is 0 Å². The highest BCUT2D eigenvalue weighted by molar-refractivity contribution is 9.10. The molecule has 1 N–H and O–H groups in total. The summed E-state index contributed by atoms with van der Waals surface area (Å²) in [4.78, 5) is 0. The third-order valence-corrected chi connectivity index (χ3v) is 5.86. The van der Waals surface area contributed by atoms with Gasteiger partial charge in [-0.15, -0.1) is 0 Å². The first-order chi connectivity index (χ1) is 8.00. The highest BCUT2D eigenvalue weighted by Gasteiger charge is 2.32. The van der Waals surface area contributed by atoms with Crippen molar-refractivity contribution in [3.8, 4) is 0 Å². The lowest BCUT2D eigenvalue weighted by atomic mass is 9.82. The summed E-state index contributed by atoms with van der Waals surface area (Å²) < 4.78 is 0.966. The average molecular weight is 335 g/mol. The standard InChI is InChI=1S/C13H17BrClNS/c1-13(2)6-7-17-8-11(13)16-10-5-3-4-9(15)12(10)14/h3-5,11,16H,6-8H2,1-2H3. The Hall–Kier alpha value is 0.140. The van der Waals surface area contributed by atoms with Crippen molar-refractivity contribution in [2.24, 2.45) is 5.41 Å². The van der Waals surface area contributed by atoms with Crippen LogP contribution >= 0.6 is 39.3 Å². The first kappa shape index (κ1) is 13.6. The molecule has 1 aromatic carbocycles. The van der Waals surface area contributed by atoms with E-state index in [0.29, 0.717) is 11.5 Å². The summed E-state index contributed by atoms with van der Waals surface area (Å²) in [5, 5.41) is 4.39. The van der Waals surface area contributed by atoms with Crippen LogP contribution in [0, 0.1) is 5.41 Å². The number of rotatable bonds is 2. The quantitative estimate of drug-likeness (QED) is 0.812. The number of hydrogen-bond donors (Lipinski definition) is 1. The number of thioether (sulfide) groups is 1. The normalized spacial score (nSPS) is 23.4. The van der Waals surface area contributed by atoms with Gasteiger partial charge in [0, 0.05) is 11.8 Å². The highest BCUT2D eigenvalue weighted by Crippen LogP contribution is 2.38. The number of benzene rings is 1. The lowest BCUT2D eigenvalue weighted by Gasteiger charge is -2.39. The molecule has 0 aliphatic carbocycles. The van der Waals surface area contributed by atoms with Gasteiger partial charge in [-0.25, -0.2) is 0 Å². The minimum absolute atomic E-state index is 0.340. The molecule has 1 aliphatic rings. The van der Waals surface area contributed by atoms with E-state index in [1.54, 1.807) is 0 Å². The van der Waals surface area contributed by atoms with E-state index < -0.39 is 0 Å². The van der Waals surface area contributed by atoms with Crippen molar-refractivity contribution in [2.45, 2.75) is 26.3 Å². The topological polar surface area (TPSA) is 12.0 Å². The molecule has 0 radical (unpaired) electrons. The van der Waals surface area contributed by atoms with Gasteiger partial charge in [-0.3, -0.25) is 0 Å². The first-order valence-electron chi connectivity index (χ1n) is 5.79. The molecule has 0 bridgehead atoms. The van der Waals surface area contributed by atoms with E-state index in [4.69, 9.17) is 11.6 Å². The van der Waals surface area contributed by atoms with Crippen LogP contribution in [-0.4, -0.2) is 17.5 Å². The first-order valence-corrected chi connectivity index (χ1v) is 8.11. The average Bonchev–Trinajstić information content (AvgIpc) is 2.27. The minimum Gasteiger partial charge on any atom is -0.380 e. The van der Waals surface area contributed by atoms with Crippen LogP contribution in [0.4, 0.5) is 5.69 Å². The summed E-state index contributed by atoms with van der Waals surface area (Å²) >= 11 is 11.7. The second kappa shape index (κ2) is 5.41. The molecule has 0 saturated carbocycles. The van der Waals surface area contributed by atoms with E-state index in [9.17, 15) is 0 Å². The minimum atomic E-state index is 0.340. The van der Waals surface area contributed by atoms with Gasteiger partial charge in [-0.05, 0) is 45.7 Å². The van der Waals surface area contributed by atoms with Crippen molar-refractivity contribution in [3.05, 3.63) is 27.7 Å². The van der Waals surface area contributed by atoms with E-state index in [0.717, 1.165) is 20.9 Å². The van der Waals surface area contributed by atoms with E-state index in [-0.39, 0.29) is 0 Å². The van der Waals surface area contributed by atoms with Crippen LogP contribution in [0.15, 0.2) is 22.7 Å². The van der Waals surface area contributed by atoms with Crippen LogP contribution in [0.1, 0.15) is 20.3 Å². The molecule has 1 fully saturated rings. The van der Waals surface area contributed by atoms with E-state index in [1.807, 2.05) is 23.9 Å². The fourth-order valence-corrected chi connectivity index (χ4v) is 4.14. The van der Waals surface area contributed by atoms with Gasteiger partial charge in [0.25, 0.3) is 0 Å². The molecule has 0 aromatic heterocycles. The van der Waals surface area contributed by atoms with Crippen molar-refractivity contribution in [2.75, 3.05) is 16.8 Å². The van der Waals surface area contributed by atoms with E-state index in [1.165, 1.54) is 12.2 Å². The lowest BCUT2D eigenvalue weighted by Crippen LogP contribution is -2.41. The molecule has 1 aromatic rings. The SMILES string of the molecule is CC1(C)CCSCC1Nc1cccc(Cl)c1Br. The Kier molecular flexibility index (Phi) is 4.32. The number of halogens is 2. The molecule has 0 amide bonds. The lowest BCUT2D eigenvalue weighted by molar-refractivity contribution is 0.305. The van der Waals surface area contributed by atoms with Crippen LogP contribution in [0.3, 0.4) is 0 Å². The Balaban J connectivity index is 2.17. The smallest absolute Gasteiger partial charge is 0.0593 e. The maximum atomic E-state index is 6.11. The molecule has 17 heavy (non-hydrogen) atoms. The van der Waals surface area contributed by atoms with E-state index >= 15 is 0 Å². The molecule has 1 unspecified atom stereocenters. The van der Waals surface area contributed by atoms with Gasteiger partial charge >= 0.3 is 0 Å². The fourth-order valence-electron chi connectivity index (χ4n) is 1.98. The third kappa shape index (κ3) is 3.12. The summed E-state index contributed by atoms with van der Waals surface area (Å²) in [5.74, 6) is 2.42. The van der Waals surface area contributed by atoms with Crippen molar-refractivity contribution >= 4 is 45.0 Å². The Bertz CT molecular complexity index is 408. The predicted molar refractivity (Wildman–Crippen MR) is 82.3 cm³/mol. The Morgan fingerprint density at radius 3 is 2.94 bits per heavy atom. The molecule has 2 rings (SSSR count). The number of anilines is 1. The molecule has 1 nitrogen and oxygen atoms in total. The van der Waals surface area contributed by atoms with Crippen LogP contribution in [-0.2, 0) is 0 Å². The number of hydrogen-bond acceptors (Lipinski definition) is 2. The molecule has 0 spiro atoms. The fraction of sp³-hybridized carbons (Fsp3) is 0.538. The van der Waals surface area contributed by atoms with Crippen molar-refractivity contribution in [3.63, 3.8) is 0 Å². The monoisotopic (exact) mass is 333 g/mol. The summed E-state index contributed by atoms with van der Waals surface area (Å²) in [5.41, 5.74) is 1.44. The summed E-state index contributed by atoms with van der Waals surface area (Å²) in [6, 6.07) is 6.46. The zero-order chi connectivity index (χ0) is 12.5. The Labute approximate surface area is 121 Å². The van der Waals surface area contributed by atoms with Gasteiger partial charge in [-0.1, -0.05) is 31.5 Å². The molecule has 1 atom stereocenters. The van der Waals surface area contributed by atoms with Gasteiger partial charge in [0.05, 0.1) is 15.2 Å². The van der Waals surface area contributed by atoms with Crippen LogP contribution in [0.25, 0.3) is 0 Å². The molecule has 1 saturated heterocycles. The molecular formula is C13H17BrClNS. The molecule has 94 valence electrons. The van der Waals surface area contributed by atoms with Crippen LogP contribution in [0.2, 0.25) is 5.02 Å². The van der Waals surface area contributed by atoms with Gasteiger partial charge in [0.1, 0.15) is 0 Å². The largest absolute Gasteiger partial charge is 0.380 e. The third-order valence-electron chi connectivity index (χ3n) is 3.40. The zero-order valence-corrected chi connectivity index (χ0v) is 13.3. The highest BCUT2D eigenvalue weighted by atomic mass is 79.9. The zero-order valence-electron chi connectivity index (χ0n) is 10.1. The summed E-state index contributed by atoms with van der Waals surface area (Å²) in [6.07, 6.45) is 1.26. The van der Waals surface area contributed by atoms with Gasteiger partial charge < -0.3 is 5.32 Å². The predicted octanol–water partition coefficient (Wildman–Crippen LogP) is 5.05. The molecule has 1 heterocycles. The molecule has 1 aliphatic heterocycles. The van der Waals surface area contributed by atoms with Crippen LogP contribution in [0.5, 0.6) is 0 Å². The Morgan fingerprint density at radius 2 is 2.24 bits per heavy atom. The molecule has 4 heteroatoms. The second-order valence-electron chi connectivity index (χ2n) is 5.11. The van der Waals surface area contributed by atoms with Crippen molar-refractivity contribution < 1.29 is 0 Å². The summed E-state index contributed by atoms with van der Waals surface area (Å²) in [6.45, 7) is 4.67. The maximum absolute atomic E-state index is 6.11. The van der Waals surface area contributed by atoms with Gasteiger partial charge in [0.15, 0.2) is 0 Å². The van der Waals surface area contributed by atoms with Crippen molar-refractivity contribution in [1.82, 2.24) is 0 Å². The number of nitrogens with one attached hydrogen (secondary N) is 1. The van der Waals surface area contributed by atoms with Crippen LogP contribution < -0.4 is 5.32 Å².